The summed E-state index contributed by atoms with van der Waals surface area (Å²) in [4.78, 5) is 35.9. The molecule has 0 spiro atoms. The van der Waals surface area contributed by atoms with Gasteiger partial charge < -0.3 is 29.1 Å². The SMILES string of the molecule is COc1cc(C)c(OC2CCC(C)(C=O)CC2)cc1C(=O)N[C@H]1[C@@H](C=O)CC[C@H]1OC. The molecule has 0 heterocycles. The molecule has 31 heavy (non-hydrogen) atoms. The van der Waals surface area contributed by atoms with Crippen LogP contribution in [0.5, 0.6) is 11.5 Å². The number of amides is 1. The van der Waals surface area contributed by atoms with Crippen molar-refractivity contribution in [1.82, 2.24) is 5.32 Å². The minimum atomic E-state index is -0.371. The maximum atomic E-state index is 13.1. The van der Waals surface area contributed by atoms with Gasteiger partial charge in [-0.05, 0) is 63.1 Å². The minimum Gasteiger partial charge on any atom is -0.496 e. The maximum absolute atomic E-state index is 13.1. The van der Waals surface area contributed by atoms with Crippen LogP contribution in [0.1, 0.15) is 61.4 Å². The van der Waals surface area contributed by atoms with Crippen molar-refractivity contribution >= 4 is 18.5 Å². The summed E-state index contributed by atoms with van der Waals surface area (Å²) in [5.74, 6) is 0.497. The smallest absolute Gasteiger partial charge is 0.255 e. The van der Waals surface area contributed by atoms with Gasteiger partial charge in [0.1, 0.15) is 24.1 Å². The quantitative estimate of drug-likeness (QED) is 0.636. The van der Waals surface area contributed by atoms with Crippen molar-refractivity contribution in [1.29, 1.82) is 0 Å². The number of nitrogens with one attached hydrogen (secondary N) is 1. The van der Waals surface area contributed by atoms with E-state index < -0.39 is 0 Å². The van der Waals surface area contributed by atoms with Crippen LogP contribution in [-0.2, 0) is 14.3 Å². The number of ether oxygens (including phenoxy) is 3. The molecule has 0 aliphatic heterocycles. The number of carbonyl (C=O) groups excluding carboxylic acids is 3. The largest absolute Gasteiger partial charge is 0.496 e. The maximum Gasteiger partial charge on any atom is 0.255 e. The molecule has 3 atom stereocenters. The van der Waals surface area contributed by atoms with Gasteiger partial charge in [-0.2, -0.15) is 0 Å². The van der Waals surface area contributed by atoms with Gasteiger partial charge in [0.2, 0.25) is 0 Å². The predicted molar refractivity (Wildman–Crippen MR) is 116 cm³/mol. The summed E-state index contributed by atoms with van der Waals surface area (Å²) in [6.45, 7) is 3.90. The van der Waals surface area contributed by atoms with Crippen molar-refractivity contribution in [3.63, 3.8) is 0 Å². The Morgan fingerprint density at radius 2 is 1.81 bits per heavy atom. The average molecular weight is 432 g/mol. The molecule has 0 saturated heterocycles. The van der Waals surface area contributed by atoms with Crippen molar-refractivity contribution in [2.45, 2.75) is 70.6 Å². The van der Waals surface area contributed by atoms with Crippen molar-refractivity contribution in [3.8, 4) is 11.5 Å². The van der Waals surface area contributed by atoms with E-state index in [1.165, 1.54) is 7.11 Å². The van der Waals surface area contributed by atoms with Crippen molar-refractivity contribution in [2.24, 2.45) is 11.3 Å². The summed E-state index contributed by atoms with van der Waals surface area (Å²) in [5.41, 5.74) is 0.968. The number of hydrogen-bond donors (Lipinski definition) is 1. The first kappa shape index (κ1) is 23.3. The van der Waals surface area contributed by atoms with Crippen LogP contribution in [0.4, 0.5) is 0 Å². The van der Waals surface area contributed by atoms with Crippen LogP contribution in [-0.4, -0.2) is 50.9 Å². The number of carbonyl (C=O) groups is 3. The highest BCUT2D eigenvalue weighted by molar-refractivity contribution is 5.98. The van der Waals surface area contributed by atoms with Crippen LogP contribution in [0.15, 0.2) is 12.1 Å². The number of hydrogen-bond acceptors (Lipinski definition) is 6. The number of benzene rings is 1. The molecule has 3 rings (SSSR count). The second kappa shape index (κ2) is 9.81. The zero-order valence-electron chi connectivity index (χ0n) is 18.8. The zero-order valence-corrected chi connectivity index (χ0v) is 18.8. The van der Waals surface area contributed by atoms with Crippen LogP contribution >= 0.6 is 0 Å². The lowest BCUT2D eigenvalue weighted by Crippen LogP contribution is -2.45. The fourth-order valence-electron chi connectivity index (χ4n) is 4.64. The van der Waals surface area contributed by atoms with Crippen LogP contribution < -0.4 is 14.8 Å². The molecule has 0 unspecified atom stereocenters. The molecule has 170 valence electrons. The van der Waals surface area contributed by atoms with Crippen LogP contribution in [0.2, 0.25) is 0 Å². The van der Waals surface area contributed by atoms with Crippen molar-refractivity contribution in [2.75, 3.05) is 14.2 Å². The fourth-order valence-corrected chi connectivity index (χ4v) is 4.64. The Morgan fingerprint density at radius 1 is 1.10 bits per heavy atom. The summed E-state index contributed by atoms with van der Waals surface area (Å²) in [5, 5.41) is 2.97. The number of aldehydes is 2. The molecule has 0 bridgehead atoms. The Hall–Kier alpha value is -2.41. The van der Waals surface area contributed by atoms with Crippen LogP contribution in [0.25, 0.3) is 0 Å². The number of methoxy groups -OCH3 is 2. The van der Waals surface area contributed by atoms with Gasteiger partial charge in [-0.1, -0.05) is 6.92 Å². The first-order valence-corrected chi connectivity index (χ1v) is 10.9. The van der Waals surface area contributed by atoms with Gasteiger partial charge in [-0.25, -0.2) is 0 Å². The zero-order chi connectivity index (χ0) is 22.6. The number of aryl methyl sites for hydroxylation is 1. The summed E-state index contributed by atoms with van der Waals surface area (Å²) in [6, 6.07) is 3.14. The van der Waals surface area contributed by atoms with E-state index in [0.29, 0.717) is 23.5 Å². The van der Waals surface area contributed by atoms with E-state index in [4.69, 9.17) is 14.2 Å². The number of rotatable bonds is 8. The molecule has 1 amide bonds. The molecule has 2 aliphatic carbocycles. The lowest BCUT2D eigenvalue weighted by molar-refractivity contribution is -0.117. The lowest BCUT2D eigenvalue weighted by atomic mass is 9.76. The summed E-state index contributed by atoms with van der Waals surface area (Å²) >= 11 is 0. The third kappa shape index (κ3) is 5.09. The molecule has 1 aromatic carbocycles. The van der Waals surface area contributed by atoms with Crippen LogP contribution in [0, 0.1) is 18.3 Å². The third-order valence-electron chi connectivity index (χ3n) is 6.82. The second-order valence-corrected chi connectivity index (χ2v) is 9.06. The summed E-state index contributed by atoms with van der Waals surface area (Å²) < 4.78 is 17.1. The van der Waals surface area contributed by atoms with Crippen molar-refractivity contribution in [3.05, 3.63) is 23.3 Å². The van der Waals surface area contributed by atoms with Gasteiger partial charge in [-0.3, -0.25) is 4.79 Å². The molecule has 2 fully saturated rings. The standard InChI is InChI=1S/C24H33NO6/c1-15-11-21(30-4)18(23(28)25-22-16(13-26)5-6-19(22)29-3)12-20(15)31-17-7-9-24(2,14-27)10-8-17/h11-14,16-17,19,22H,5-10H2,1-4H3,(H,25,28)/t16-,17?,19-,22+,24?/m1/s1. The van der Waals surface area contributed by atoms with Gasteiger partial charge in [-0.15, -0.1) is 0 Å². The highest BCUT2D eigenvalue weighted by Crippen LogP contribution is 2.37. The molecule has 0 aromatic heterocycles. The topological polar surface area (TPSA) is 90.9 Å². The minimum absolute atomic E-state index is 0.00294. The monoisotopic (exact) mass is 431 g/mol. The third-order valence-corrected chi connectivity index (χ3v) is 6.82. The van der Waals surface area contributed by atoms with E-state index in [9.17, 15) is 14.4 Å². The van der Waals surface area contributed by atoms with Crippen molar-refractivity contribution < 1.29 is 28.6 Å². The van der Waals surface area contributed by atoms with E-state index in [-0.39, 0.29) is 35.5 Å². The molecule has 7 heteroatoms. The Balaban J connectivity index is 1.78. The second-order valence-electron chi connectivity index (χ2n) is 9.06. The van der Waals surface area contributed by atoms with Gasteiger partial charge >= 0.3 is 0 Å². The Bertz CT molecular complexity index is 815. The molecule has 2 aliphatic rings. The van der Waals surface area contributed by atoms with E-state index in [2.05, 4.69) is 5.32 Å². The Labute approximate surface area is 183 Å². The van der Waals surface area contributed by atoms with Crippen LogP contribution in [0.3, 0.4) is 0 Å². The molecule has 0 radical (unpaired) electrons. The highest BCUT2D eigenvalue weighted by atomic mass is 16.5. The first-order chi connectivity index (χ1) is 14.8. The lowest BCUT2D eigenvalue weighted by Gasteiger charge is -2.33. The molecular formula is C24H33NO6. The molecule has 1 N–H and O–H groups in total. The van der Waals surface area contributed by atoms with Gasteiger partial charge in [0.15, 0.2) is 0 Å². The molecule has 7 nitrogen and oxygen atoms in total. The molecular weight excluding hydrogens is 398 g/mol. The van der Waals surface area contributed by atoms with E-state index in [1.807, 2.05) is 13.8 Å². The summed E-state index contributed by atoms with van der Waals surface area (Å²) in [6.07, 6.45) is 6.33. The summed E-state index contributed by atoms with van der Waals surface area (Å²) in [7, 11) is 3.12. The highest BCUT2D eigenvalue weighted by Gasteiger charge is 2.38. The Kier molecular flexibility index (Phi) is 7.36. The fraction of sp³-hybridized carbons (Fsp3) is 0.625. The average Bonchev–Trinajstić information content (AvgIpc) is 3.17. The molecule has 1 aromatic rings. The molecule has 2 saturated carbocycles. The first-order valence-electron chi connectivity index (χ1n) is 10.9. The van der Waals surface area contributed by atoms with E-state index >= 15 is 0 Å². The normalized spacial score (nSPS) is 30.5. The van der Waals surface area contributed by atoms with Gasteiger partial charge in [0.25, 0.3) is 5.91 Å². The van der Waals surface area contributed by atoms with Gasteiger partial charge in [0.05, 0.1) is 30.9 Å². The Morgan fingerprint density at radius 3 is 2.39 bits per heavy atom. The predicted octanol–water partition coefficient (Wildman–Crippen LogP) is 3.25. The van der Waals surface area contributed by atoms with Gasteiger partial charge in [0, 0.05) is 18.4 Å². The van der Waals surface area contributed by atoms with E-state index in [0.717, 1.165) is 50.2 Å². The van der Waals surface area contributed by atoms with E-state index in [1.54, 1.807) is 19.2 Å².